The first-order chi connectivity index (χ1) is 11.3. The van der Waals surface area contributed by atoms with Gasteiger partial charge in [-0.25, -0.2) is 14.3 Å². The van der Waals surface area contributed by atoms with Crippen molar-refractivity contribution >= 4 is 23.5 Å². The van der Waals surface area contributed by atoms with Crippen molar-refractivity contribution < 1.29 is 14.3 Å². The van der Waals surface area contributed by atoms with Gasteiger partial charge >= 0.3 is 6.09 Å². The molecule has 128 valence electrons. The van der Waals surface area contributed by atoms with E-state index in [1.54, 1.807) is 33.9 Å². The molecule has 1 aliphatic rings. The van der Waals surface area contributed by atoms with Gasteiger partial charge in [0.2, 0.25) is 5.91 Å². The second-order valence-electron chi connectivity index (χ2n) is 6.85. The van der Waals surface area contributed by atoms with Crippen LogP contribution in [0.4, 0.5) is 10.6 Å². The van der Waals surface area contributed by atoms with Crippen molar-refractivity contribution in [2.24, 2.45) is 5.92 Å². The Labute approximate surface area is 139 Å². The normalized spacial score (nSPS) is 18.0. The van der Waals surface area contributed by atoms with Crippen LogP contribution in [0.2, 0.25) is 0 Å². The van der Waals surface area contributed by atoms with E-state index in [0.29, 0.717) is 31.0 Å². The monoisotopic (exact) mass is 331 g/mol. The van der Waals surface area contributed by atoms with Crippen molar-refractivity contribution in [1.82, 2.24) is 19.5 Å². The topological polar surface area (TPSA) is 88.8 Å². The summed E-state index contributed by atoms with van der Waals surface area (Å²) in [5.41, 5.74) is 0.122. The third kappa shape index (κ3) is 3.64. The predicted octanol–water partition coefficient (Wildman–Crippen LogP) is 1.92. The molecule has 2 aromatic heterocycles. The fourth-order valence-electron chi connectivity index (χ4n) is 2.58. The molecule has 1 N–H and O–H groups in total. The summed E-state index contributed by atoms with van der Waals surface area (Å²) in [6, 6.07) is 3.45. The number of hydrogen-bond acceptors (Lipinski definition) is 5. The fourth-order valence-corrected chi connectivity index (χ4v) is 2.58. The van der Waals surface area contributed by atoms with E-state index in [0.717, 1.165) is 0 Å². The number of fused-ring (bicyclic) bond motifs is 1. The number of hydrogen-bond donors (Lipinski definition) is 1. The Balaban J connectivity index is 1.59. The molecule has 0 aromatic carbocycles. The number of anilines is 1. The zero-order valence-electron chi connectivity index (χ0n) is 14.0. The Morgan fingerprint density at radius 2 is 2.12 bits per heavy atom. The van der Waals surface area contributed by atoms with Gasteiger partial charge in [-0.3, -0.25) is 4.79 Å². The largest absolute Gasteiger partial charge is 0.444 e. The minimum absolute atomic E-state index is 0.141. The number of aromatic nitrogens is 3. The number of ether oxygens (including phenoxy) is 1. The van der Waals surface area contributed by atoms with E-state index in [1.807, 2.05) is 20.8 Å². The van der Waals surface area contributed by atoms with E-state index >= 15 is 0 Å². The van der Waals surface area contributed by atoms with E-state index in [1.165, 1.54) is 0 Å². The number of nitrogens with zero attached hydrogens (tertiary/aromatic N) is 4. The van der Waals surface area contributed by atoms with Crippen LogP contribution in [0.15, 0.2) is 24.5 Å². The molecule has 0 bridgehead atoms. The lowest BCUT2D eigenvalue weighted by Gasteiger charge is -2.24. The Morgan fingerprint density at radius 1 is 1.33 bits per heavy atom. The summed E-state index contributed by atoms with van der Waals surface area (Å²) in [5.74, 6) is 0.0709. The zero-order valence-corrected chi connectivity index (χ0v) is 14.0. The third-order valence-corrected chi connectivity index (χ3v) is 3.72. The van der Waals surface area contributed by atoms with Crippen molar-refractivity contribution in [2.75, 3.05) is 18.4 Å². The van der Waals surface area contributed by atoms with Crippen molar-refractivity contribution in [3.8, 4) is 0 Å². The van der Waals surface area contributed by atoms with Crippen LogP contribution in [0, 0.1) is 5.92 Å². The summed E-state index contributed by atoms with van der Waals surface area (Å²) in [5, 5.41) is 6.86. The Bertz CT molecular complexity index is 764. The highest BCUT2D eigenvalue weighted by molar-refractivity contribution is 5.92. The van der Waals surface area contributed by atoms with Crippen LogP contribution in [-0.2, 0) is 9.53 Å². The van der Waals surface area contributed by atoms with Crippen LogP contribution in [0.3, 0.4) is 0 Å². The van der Waals surface area contributed by atoms with Gasteiger partial charge in [0.05, 0.1) is 12.1 Å². The van der Waals surface area contributed by atoms with Gasteiger partial charge in [-0.05, 0) is 33.3 Å². The lowest BCUT2D eigenvalue weighted by atomic mass is 10.1. The van der Waals surface area contributed by atoms with Crippen LogP contribution in [0.25, 0.3) is 5.65 Å². The van der Waals surface area contributed by atoms with Gasteiger partial charge in [0, 0.05) is 25.4 Å². The molecule has 1 unspecified atom stereocenters. The summed E-state index contributed by atoms with van der Waals surface area (Å²) in [7, 11) is 0. The highest BCUT2D eigenvalue weighted by Crippen LogP contribution is 2.21. The fraction of sp³-hybridized carbons (Fsp3) is 0.500. The van der Waals surface area contributed by atoms with E-state index < -0.39 is 5.60 Å². The summed E-state index contributed by atoms with van der Waals surface area (Å²) >= 11 is 0. The minimum Gasteiger partial charge on any atom is -0.444 e. The number of carbonyl (C=O) groups is 2. The summed E-state index contributed by atoms with van der Waals surface area (Å²) in [6.45, 7) is 6.34. The first-order valence-corrected chi connectivity index (χ1v) is 7.91. The van der Waals surface area contributed by atoms with Crippen molar-refractivity contribution in [1.29, 1.82) is 0 Å². The average Bonchev–Trinajstić information content (AvgIpc) is 3.14. The van der Waals surface area contributed by atoms with Gasteiger partial charge in [0.1, 0.15) is 11.4 Å². The van der Waals surface area contributed by atoms with Crippen LogP contribution >= 0.6 is 0 Å². The Morgan fingerprint density at radius 3 is 2.88 bits per heavy atom. The molecule has 8 nitrogen and oxygen atoms in total. The molecule has 2 aromatic rings. The maximum absolute atomic E-state index is 12.4. The highest BCUT2D eigenvalue weighted by atomic mass is 16.6. The molecular formula is C16H21N5O3. The van der Waals surface area contributed by atoms with Gasteiger partial charge < -0.3 is 15.0 Å². The first-order valence-electron chi connectivity index (χ1n) is 7.91. The molecule has 8 heteroatoms. The van der Waals surface area contributed by atoms with Gasteiger partial charge in [-0.1, -0.05) is 0 Å². The van der Waals surface area contributed by atoms with E-state index in [-0.39, 0.29) is 17.9 Å². The molecule has 0 aliphatic carbocycles. The zero-order chi connectivity index (χ0) is 17.3. The Kier molecular flexibility index (Phi) is 4.13. The summed E-state index contributed by atoms with van der Waals surface area (Å²) in [6.07, 6.45) is 3.61. The van der Waals surface area contributed by atoms with Crippen LogP contribution in [0.1, 0.15) is 27.2 Å². The van der Waals surface area contributed by atoms with Gasteiger partial charge in [0.15, 0.2) is 5.65 Å². The smallest absolute Gasteiger partial charge is 0.410 e. The van der Waals surface area contributed by atoms with E-state index in [4.69, 9.17) is 4.74 Å². The SMILES string of the molecule is CC(C)(C)OC(=O)N1CCC(C(=O)Nc2ccn3nccc3n2)C1. The maximum Gasteiger partial charge on any atom is 0.410 e. The van der Waals surface area contributed by atoms with Crippen LogP contribution in [0.5, 0.6) is 0 Å². The quantitative estimate of drug-likeness (QED) is 0.908. The molecule has 24 heavy (non-hydrogen) atoms. The third-order valence-electron chi connectivity index (χ3n) is 3.72. The van der Waals surface area contributed by atoms with Crippen LogP contribution < -0.4 is 5.32 Å². The second-order valence-corrected chi connectivity index (χ2v) is 6.85. The molecule has 3 heterocycles. The second kappa shape index (κ2) is 6.10. The molecule has 0 radical (unpaired) electrons. The summed E-state index contributed by atoms with van der Waals surface area (Å²) < 4.78 is 6.96. The summed E-state index contributed by atoms with van der Waals surface area (Å²) in [4.78, 5) is 30.3. The number of amides is 2. The molecule has 2 amide bonds. The van der Waals surface area contributed by atoms with Crippen LogP contribution in [-0.4, -0.2) is 50.2 Å². The number of likely N-dealkylation sites (tertiary alicyclic amines) is 1. The predicted molar refractivity (Wildman–Crippen MR) is 87.5 cm³/mol. The number of carbonyl (C=O) groups excluding carboxylic acids is 2. The van der Waals surface area contributed by atoms with Gasteiger partial charge in [-0.2, -0.15) is 5.10 Å². The molecule has 1 atom stereocenters. The number of nitrogens with one attached hydrogen (secondary N) is 1. The first kappa shape index (κ1) is 16.2. The molecule has 0 spiro atoms. The maximum atomic E-state index is 12.4. The van der Waals surface area contributed by atoms with Crippen molar-refractivity contribution in [2.45, 2.75) is 32.8 Å². The highest BCUT2D eigenvalue weighted by Gasteiger charge is 2.33. The van der Waals surface area contributed by atoms with Crippen molar-refractivity contribution in [3.05, 3.63) is 24.5 Å². The van der Waals surface area contributed by atoms with Crippen molar-refractivity contribution in [3.63, 3.8) is 0 Å². The molecule has 3 rings (SSSR count). The molecule has 1 aliphatic heterocycles. The standard InChI is InChI=1S/C16H21N5O3/c1-16(2,3)24-15(23)20-8-5-11(10-20)14(22)19-12-6-9-21-13(18-12)4-7-17-21/h4,6-7,9,11H,5,8,10H2,1-3H3,(H,18,19,22). The van der Waals surface area contributed by atoms with Gasteiger partial charge in [0.25, 0.3) is 0 Å². The van der Waals surface area contributed by atoms with E-state index in [9.17, 15) is 9.59 Å². The number of rotatable bonds is 2. The molecule has 1 saturated heterocycles. The molecular weight excluding hydrogens is 310 g/mol. The molecule has 0 saturated carbocycles. The van der Waals surface area contributed by atoms with Gasteiger partial charge in [-0.15, -0.1) is 0 Å². The average molecular weight is 331 g/mol. The lowest BCUT2D eigenvalue weighted by molar-refractivity contribution is -0.119. The Hall–Kier alpha value is -2.64. The van der Waals surface area contributed by atoms with E-state index in [2.05, 4.69) is 15.4 Å². The molecule has 1 fully saturated rings. The minimum atomic E-state index is -0.540. The lowest BCUT2D eigenvalue weighted by Crippen LogP contribution is -2.36.